The molecule has 0 saturated heterocycles. The first-order chi connectivity index (χ1) is 7.97. The van der Waals surface area contributed by atoms with E-state index in [-0.39, 0.29) is 6.04 Å². The predicted octanol–water partition coefficient (Wildman–Crippen LogP) is 2.57. The van der Waals surface area contributed by atoms with Crippen LogP contribution in [0.1, 0.15) is 49.6 Å². The molecule has 17 heavy (non-hydrogen) atoms. The van der Waals surface area contributed by atoms with Gasteiger partial charge in [0.15, 0.2) is 0 Å². The van der Waals surface area contributed by atoms with E-state index in [1.807, 2.05) is 20.3 Å². The highest BCUT2D eigenvalue weighted by atomic mass is 16.1. The van der Waals surface area contributed by atoms with Gasteiger partial charge in [0.05, 0.1) is 0 Å². The Morgan fingerprint density at radius 1 is 1.35 bits per heavy atom. The molecule has 1 aromatic heterocycles. The lowest BCUT2D eigenvalue weighted by Gasteiger charge is -2.23. The summed E-state index contributed by atoms with van der Waals surface area (Å²) < 4.78 is 0. The minimum absolute atomic E-state index is 0.277. The molecule has 0 saturated carbocycles. The summed E-state index contributed by atoms with van der Waals surface area (Å²) in [5.74, 6) is 0.393. The quantitative estimate of drug-likeness (QED) is 0.734. The van der Waals surface area contributed by atoms with E-state index in [4.69, 9.17) is 0 Å². The Bertz CT molecular complexity index is 386. The molecular weight excluding hydrogens is 212 g/mol. The molecule has 1 aromatic rings. The molecule has 3 nitrogen and oxygen atoms in total. The summed E-state index contributed by atoms with van der Waals surface area (Å²) in [6, 6.07) is 2.34. The number of hydrogen-bond acceptors (Lipinski definition) is 3. The molecule has 0 aliphatic heterocycles. The summed E-state index contributed by atoms with van der Waals surface area (Å²) >= 11 is 0. The Kier molecular flexibility index (Phi) is 4.82. The predicted molar refractivity (Wildman–Crippen MR) is 70.2 cm³/mol. The maximum absolute atomic E-state index is 10.8. The molecule has 0 N–H and O–H groups in total. The maximum Gasteiger partial charge on any atom is 0.124 e. The smallest absolute Gasteiger partial charge is 0.124 e. The monoisotopic (exact) mass is 234 g/mol. The van der Waals surface area contributed by atoms with Crippen LogP contribution in [-0.4, -0.2) is 30.3 Å². The van der Waals surface area contributed by atoms with E-state index in [0.29, 0.717) is 12.3 Å². The number of carbonyl (C=O) groups excluding carboxylic acids is 1. The van der Waals surface area contributed by atoms with Gasteiger partial charge in [0.1, 0.15) is 6.29 Å². The highest BCUT2D eigenvalue weighted by Crippen LogP contribution is 2.24. The number of rotatable bonds is 5. The molecular formula is C14H22N2O. The van der Waals surface area contributed by atoms with Gasteiger partial charge >= 0.3 is 0 Å². The van der Waals surface area contributed by atoms with Crippen LogP contribution >= 0.6 is 0 Å². The average molecular weight is 234 g/mol. The van der Waals surface area contributed by atoms with E-state index < -0.39 is 0 Å². The molecule has 0 radical (unpaired) electrons. The van der Waals surface area contributed by atoms with Crippen molar-refractivity contribution in [3.05, 3.63) is 29.1 Å². The zero-order valence-corrected chi connectivity index (χ0v) is 11.4. The van der Waals surface area contributed by atoms with Crippen molar-refractivity contribution < 1.29 is 4.79 Å². The average Bonchev–Trinajstić information content (AvgIpc) is 2.28. The summed E-state index contributed by atoms with van der Waals surface area (Å²) in [6.07, 6.45) is 3.35. The van der Waals surface area contributed by atoms with Crippen molar-refractivity contribution in [2.24, 2.45) is 0 Å². The van der Waals surface area contributed by atoms with Crippen LogP contribution in [0, 0.1) is 0 Å². The summed E-state index contributed by atoms with van der Waals surface area (Å²) in [5.41, 5.74) is 3.29. The molecule has 1 rings (SSSR count). The fourth-order valence-electron chi connectivity index (χ4n) is 1.76. The van der Waals surface area contributed by atoms with Gasteiger partial charge in [-0.2, -0.15) is 0 Å². The molecule has 3 heteroatoms. The van der Waals surface area contributed by atoms with Crippen molar-refractivity contribution in [2.45, 2.75) is 39.2 Å². The molecule has 0 aliphatic rings. The van der Waals surface area contributed by atoms with Gasteiger partial charge in [-0.1, -0.05) is 13.8 Å². The molecule has 0 aromatic carbocycles. The number of aromatic nitrogens is 1. The summed E-state index contributed by atoms with van der Waals surface area (Å²) in [7, 11) is 4.07. The number of hydrogen-bond donors (Lipinski definition) is 0. The van der Waals surface area contributed by atoms with Gasteiger partial charge in [0.2, 0.25) is 0 Å². The molecule has 0 amide bonds. The van der Waals surface area contributed by atoms with Crippen LogP contribution in [0.2, 0.25) is 0 Å². The minimum Gasteiger partial charge on any atom is -0.303 e. The Hall–Kier alpha value is -1.22. The third-order valence-corrected chi connectivity index (χ3v) is 3.17. The first kappa shape index (κ1) is 13.8. The lowest BCUT2D eigenvalue weighted by atomic mass is 9.98. The third kappa shape index (κ3) is 3.37. The lowest BCUT2D eigenvalue weighted by molar-refractivity contribution is -0.107. The topological polar surface area (TPSA) is 33.2 Å². The molecule has 0 bridgehead atoms. The van der Waals surface area contributed by atoms with E-state index in [9.17, 15) is 4.79 Å². The van der Waals surface area contributed by atoms with Gasteiger partial charge in [-0.15, -0.1) is 0 Å². The van der Waals surface area contributed by atoms with Crippen molar-refractivity contribution in [1.29, 1.82) is 0 Å². The van der Waals surface area contributed by atoms with Crippen LogP contribution in [0.4, 0.5) is 0 Å². The number of carbonyl (C=O) groups is 1. The van der Waals surface area contributed by atoms with Gasteiger partial charge in [-0.25, -0.2) is 0 Å². The van der Waals surface area contributed by atoms with Gasteiger partial charge in [0.25, 0.3) is 0 Å². The molecule has 1 unspecified atom stereocenters. The van der Waals surface area contributed by atoms with Crippen molar-refractivity contribution in [2.75, 3.05) is 14.1 Å². The third-order valence-electron chi connectivity index (χ3n) is 3.17. The van der Waals surface area contributed by atoms with E-state index in [0.717, 1.165) is 23.1 Å². The van der Waals surface area contributed by atoms with Crippen molar-refractivity contribution in [3.63, 3.8) is 0 Å². The lowest BCUT2D eigenvalue weighted by Crippen LogP contribution is -2.19. The molecule has 1 atom stereocenters. The Balaban J connectivity index is 3.16. The fourth-order valence-corrected chi connectivity index (χ4v) is 1.76. The van der Waals surface area contributed by atoms with Crippen LogP contribution in [0.3, 0.4) is 0 Å². The van der Waals surface area contributed by atoms with Gasteiger partial charge in [-0.3, -0.25) is 4.98 Å². The Labute approximate surface area is 104 Å². The van der Waals surface area contributed by atoms with Crippen LogP contribution in [-0.2, 0) is 11.2 Å². The number of nitrogens with zero attached hydrogens (tertiary/aromatic N) is 2. The van der Waals surface area contributed by atoms with E-state index in [1.165, 1.54) is 0 Å². The highest BCUT2D eigenvalue weighted by molar-refractivity contribution is 5.56. The van der Waals surface area contributed by atoms with Gasteiger partial charge < -0.3 is 9.69 Å². The first-order valence-electron chi connectivity index (χ1n) is 6.06. The number of pyridine rings is 1. The van der Waals surface area contributed by atoms with Crippen molar-refractivity contribution in [3.8, 4) is 0 Å². The Morgan fingerprint density at radius 2 is 2.00 bits per heavy atom. The second kappa shape index (κ2) is 5.92. The van der Waals surface area contributed by atoms with Gasteiger partial charge in [-0.05, 0) is 44.1 Å². The van der Waals surface area contributed by atoms with Crippen LogP contribution in [0.15, 0.2) is 12.3 Å². The first-order valence-corrected chi connectivity index (χ1v) is 6.06. The zero-order chi connectivity index (χ0) is 13.0. The van der Waals surface area contributed by atoms with E-state index in [1.54, 1.807) is 0 Å². The second-order valence-electron chi connectivity index (χ2n) is 4.97. The number of aldehydes is 1. The van der Waals surface area contributed by atoms with Crippen LogP contribution in [0.5, 0.6) is 0 Å². The summed E-state index contributed by atoms with van der Waals surface area (Å²) in [5, 5.41) is 0. The molecule has 94 valence electrons. The normalized spacial score (nSPS) is 13.1. The standard InChI is InChI=1S/C14H22N2O/c1-10(2)14-8-12(6-7-17)13(9-15-14)11(3)16(4)5/h7-11H,6H2,1-5H3. The molecule has 0 fully saturated rings. The molecule has 1 heterocycles. The summed E-state index contributed by atoms with van der Waals surface area (Å²) in [6.45, 7) is 6.35. The summed E-state index contributed by atoms with van der Waals surface area (Å²) in [4.78, 5) is 17.4. The van der Waals surface area contributed by atoms with Crippen molar-refractivity contribution >= 4 is 6.29 Å². The maximum atomic E-state index is 10.8. The van der Waals surface area contributed by atoms with Crippen molar-refractivity contribution in [1.82, 2.24) is 9.88 Å². The zero-order valence-electron chi connectivity index (χ0n) is 11.4. The largest absolute Gasteiger partial charge is 0.303 e. The van der Waals surface area contributed by atoms with E-state index >= 15 is 0 Å². The molecule has 0 aliphatic carbocycles. The highest BCUT2D eigenvalue weighted by Gasteiger charge is 2.14. The van der Waals surface area contributed by atoms with E-state index in [2.05, 4.69) is 36.7 Å². The second-order valence-corrected chi connectivity index (χ2v) is 4.97. The fraction of sp³-hybridized carbons (Fsp3) is 0.571. The van der Waals surface area contributed by atoms with Crippen LogP contribution in [0.25, 0.3) is 0 Å². The SMILES string of the molecule is CC(C)c1cc(CC=O)c(C(C)N(C)C)cn1. The Morgan fingerprint density at radius 3 is 2.47 bits per heavy atom. The van der Waals surface area contributed by atoms with Crippen LogP contribution < -0.4 is 0 Å². The molecule has 0 spiro atoms. The van der Waals surface area contributed by atoms with Gasteiger partial charge in [0, 0.05) is 24.4 Å². The minimum atomic E-state index is 0.277.